The first kappa shape index (κ1) is 17.5. The van der Waals surface area contributed by atoms with Crippen molar-refractivity contribution in [2.75, 3.05) is 7.05 Å². The number of thiophene rings is 1. The molecule has 1 aromatic carbocycles. The first-order valence-electron chi connectivity index (χ1n) is 9.59. The van der Waals surface area contributed by atoms with Gasteiger partial charge in [-0.25, -0.2) is 4.98 Å². The molecule has 0 spiro atoms. The fourth-order valence-electron chi connectivity index (χ4n) is 4.50. The number of piperidine rings is 1. The van der Waals surface area contributed by atoms with Crippen LogP contribution >= 0.6 is 11.3 Å². The van der Waals surface area contributed by atoms with Crippen LogP contribution in [0.4, 0.5) is 0 Å². The molecule has 3 atom stereocenters. The summed E-state index contributed by atoms with van der Waals surface area (Å²) < 4.78 is 8.38. The molecule has 4 heterocycles. The lowest BCUT2D eigenvalue weighted by atomic mass is 10.0. The summed E-state index contributed by atoms with van der Waals surface area (Å²) in [7, 11) is 2.23. The molecule has 0 N–H and O–H groups in total. The van der Waals surface area contributed by atoms with Crippen molar-refractivity contribution in [3.63, 3.8) is 0 Å². The first-order chi connectivity index (χ1) is 13.6. The highest BCUT2D eigenvalue weighted by molar-refractivity contribution is 7.19. The van der Waals surface area contributed by atoms with Gasteiger partial charge in [0, 0.05) is 12.1 Å². The van der Waals surface area contributed by atoms with E-state index in [0.717, 1.165) is 24.3 Å². The summed E-state index contributed by atoms with van der Waals surface area (Å²) in [5, 5.41) is 0. The van der Waals surface area contributed by atoms with Gasteiger partial charge in [0.05, 0.1) is 16.1 Å². The number of hydrogen-bond acceptors (Lipinski definition) is 5. The van der Waals surface area contributed by atoms with E-state index in [2.05, 4.69) is 22.9 Å². The summed E-state index contributed by atoms with van der Waals surface area (Å²) in [5.74, 6) is 3.43. The summed E-state index contributed by atoms with van der Waals surface area (Å²) in [6, 6.07) is 10.8. The Labute approximate surface area is 167 Å². The molecule has 2 fully saturated rings. The average Bonchev–Trinajstić information content (AvgIpc) is 3.21. The average molecular weight is 391 g/mol. The predicted molar refractivity (Wildman–Crippen MR) is 111 cm³/mol. The third-order valence-electron chi connectivity index (χ3n) is 6.05. The minimum atomic E-state index is -0.0999. The fourth-order valence-corrected chi connectivity index (χ4v) is 5.35. The Morgan fingerprint density at radius 2 is 1.93 bits per heavy atom. The van der Waals surface area contributed by atoms with Gasteiger partial charge in [-0.1, -0.05) is 5.92 Å². The Balaban J connectivity index is 1.37. The molecule has 2 aliphatic heterocycles. The molecule has 0 amide bonds. The molecule has 0 radical (unpaired) electrons. The van der Waals surface area contributed by atoms with E-state index < -0.39 is 0 Å². The Morgan fingerprint density at radius 3 is 2.61 bits per heavy atom. The number of ether oxygens (including phenoxy) is 1. The molecule has 2 saturated heterocycles. The number of terminal acetylenes is 1. The van der Waals surface area contributed by atoms with Crippen LogP contribution in [-0.2, 0) is 0 Å². The van der Waals surface area contributed by atoms with Gasteiger partial charge in [0.15, 0.2) is 0 Å². The van der Waals surface area contributed by atoms with Gasteiger partial charge in [-0.05, 0) is 63.1 Å². The van der Waals surface area contributed by atoms with Crippen LogP contribution in [0, 0.1) is 12.3 Å². The maximum absolute atomic E-state index is 12.8. The van der Waals surface area contributed by atoms with Gasteiger partial charge >= 0.3 is 0 Å². The number of hydrogen-bond donors (Lipinski definition) is 0. The largest absolute Gasteiger partial charge is 0.490 e. The Bertz CT molecular complexity index is 1110. The van der Waals surface area contributed by atoms with Crippen molar-refractivity contribution >= 4 is 21.6 Å². The normalized spacial score (nSPS) is 24.4. The van der Waals surface area contributed by atoms with Gasteiger partial charge < -0.3 is 9.64 Å². The van der Waals surface area contributed by atoms with Crippen LogP contribution < -0.4 is 10.3 Å². The van der Waals surface area contributed by atoms with Crippen LogP contribution in [-0.4, -0.2) is 39.7 Å². The zero-order valence-electron chi connectivity index (χ0n) is 15.7. The Hall–Kier alpha value is -2.62. The maximum Gasteiger partial charge on any atom is 0.275 e. The lowest BCUT2D eigenvalue weighted by Gasteiger charge is -2.36. The Morgan fingerprint density at radius 1 is 1.21 bits per heavy atom. The van der Waals surface area contributed by atoms with E-state index in [9.17, 15) is 4.79 Å². The molecule has 2 aromatic heterocycles. The predicted octanol–water partition coefficient (Wildman–Crippen LogP) is 3.43. The Kier molecular flexibility index (Phi) is 4.22. The topological polar surface area (TPSA) is 47.4 Å². The van der Waals surface area contributed by atoms with Crippen molar-refractivity contribution in [2.45, 2.75) is 43.9 Å². The highest BCUT2D eigenvalue weighted by atomic mass is 32.1. The monoisotopic (exact) mass is 391 g/mol. The standard InChI is InChI=1S/C22H21N3O2S/c1-3-19-12-20-21(28-19)22(26)25(13-23-20)14-6-8-17(9-7-14)27-18-10-15-4-5-16(11-18)24(15)2/h1,6-9,12-13,15-16,18H,4-5,10-11H2,2H3/t15-,16+,18?. The zero-order chi connectivity index (χ0) is 19.3. The quantitative estimate of drug-likeness (QED) is 0.642. The highest BCUT2D eigenvalue weighted by Gasteiger charge is 2.39. The molecule has 0 saturated carbocycles. The third-order valence-corrected chi connectivity index (χ3v) is 7.10. The van der Waals surface area contributed by atoms with Crippen molar-refractivity contribution in [1.29, 1.82) is 0 Å². The van der Waals surface area contributed by atoms with Gasteiger partial charge in [-0.3, -0.25) is 9.36 Å². The number of fused-ring (bicyclic) bond motifs is 3. The van der Waals surface area contributed by atoms with Crippen LogP contribution in [0.3, 0.4) is 0 Å². The minimum absolute atomic E-state index is 0.0999. The van der Waals surface area contributed by atoms with E-state index in [-0.39, 0.29) is 11.7 Å². The van der Waals surface area contributed by atoms with Crippen molar-refractivity contribution in [1.82, 2.24) is 14.5 Å². The second-order valence-electron chi connectivity index (χ2n) is 7.64. The SMILES string of the molecule is C#Cc1cc2ncn(-c3ccc(OC4C[C@H]5CC[C@@H](C4)N5C)cc3)c(=O)c2s1. The van der Waals surface area contributed by atoms with Crippen molar-refractivity contribution in [3.8, 4) is 23.8 Å². The lowest BCUT2D eigenvalue weighted by Crippen LogP contribution is -2.43. The summed E-state index contributed by atoms with van der Waals surface area (Å²) in [6.07, 6.45) is 12.0. The molecule has 0 aliphatic carbocycles. The van der Waals surface area contributed by atoms with Gasteiger partial charge in [0.1, 0.15) is 22.9 Å². The summed E-state index contributed by atoms with van der Waals surface area (Å²) in [4.78, 5) is 20.4. The van der Waals surface area contributed by atoms with Crippen molar-refractivity contribution in [3.05, 3.63) is 51.9 Å². The van der Waals surface area contributed by atoms with E-state index in [1.54, 1.807) is 17.0 Å². The molecule has 5 nitrogen and oxygen atoms in total. The van der Waals surface area contributed by atoms with E-state index >= 15 is 0 Å². The molecular formula is C22H21N3O2S. The molecule has 2 aliphatic rings. The van der Waals surface area contributed by atoms with Crippen LogP contribution in [0.5, 0.6) is 5.75 Å². The first-order valence-corrected chi connectivity index (χ1v) is 10.4. The summed E-state index contributed by atoms with van der Waals surface area (Å²) in [6.45, 7) is 0. The van der Waals surface area contributed by atoms with Crippen molar-refractivity contribution in [2.24, 2.45) is 0 Å². The van der Waals surface area contributed by atoms with E-state index in [1.165, 1.54) is 24.2 Å². The van der Waals surface area contributed by atoms with Crippen LogP contribution in [0.15, 0.2) is 41.5 Å². The van der Waals surface area contributed by atoms with Crippen molar-refractivity contribution < 1.29 is 4.74 Å². The maximum atomic E-state index is 12.8. The van der Waals surface area contributed by atoms with Crippen LogP contribution in [0.1, 0.15) is 30.6 Å². The molecule has 28 heavy (non-hydrogen) atoms. The van der Waals surface area contributed by atoms with Gasteiger partial charge in [-0.15, -0.1) is 17.8 Å². The second-order valence-corrected chi connectivity index (χ2v) is 8.70. The lowest BCUT2D eigenvalue weighted by molar-refractivity contribution is 0.0662. The van der Waals surface area contributed by atoms with Crippen LogP contribution in [0.2, 0.25) is 0 Å². The van der Waals surface area contributed by atoms with E-state index in [1.807, 2.05) is 24.3 Å². The van der Waals surface area contributed by atoms with Gasteiger partial charge in [-0.2, -0.15) is 0 Å². The minimum Gasteiger partial charge on any atom is -0.490 e. The zero-order valence-corrected chi connectivity index (χ0v) is 16.5. The molecule has 142 valence electrons. The van der Waals surface area contributed by atoms with Gasteiger partial charge in [0.25, 0.3) is 5.56 Å². The molecular weight excluding hydrogens is 370 g/mol. The summed E-state index contributed by atoms with van der Waals surface area (Å²) in [5.41, 5.74) is 1.32. The molecule has 2 bridgehead atoms. The second kappa shape index (κ2) is 6.77. The van der Waals surface area contributed by atoms with E-state index in [4.69, 9.17) is 11.2 Å². The van der Waals surface area contributed by atoms with E-state index in [0.29, 0.717) is 27.2 Å². The number of rotatable bonds is 3. The fraction of sp³-hybridized carbons (Fsp3) is 0.364. The highest BCUT2D eigenvalue weighted by Crippen LogP contribution is 2.36. The molecule has 6 heteroatoms. The number of benzene rings is 1. The smallest absolute Gasteiger partial charge is 0.275 e. The molecule has 3 aromatic rings. The number of nitrogens with zero attached hydrogens (tertiary/aromatic N) is 3. The van der Waals surface area contributed by atoms with Crippen LogP contribution in [0.25, 0.3) is 15.9 Å². The van der Waals surface area contributed by atoms with Gasteiger partial charge in [0.2, 0.25) is 0 Å². The number of aromatic nitrogens is 2. The molecule has 1 unspecified atom stereocenters. The third kappa shape index (κ3) is 2.92. The summed E-state index contributed by atoms with van der Waals surface area (Å²) >= 11 is 1.30. The molecule has 5 rings (SSSR count).